The van der Waals surface area contributed by atoms with Gasteiger partial charge in [-0.25, -0.2) is 0 Å². The first-order valence-corrected chi connectivity index (χ1v) is 8.27. The Hall–Kier alpha value is -1.06. The fourth-order valence-corrected chi connectivity index (χ4v) is 3.86. The molecule has 0 radical (unpaired) electrons. The van der Waals surface area contributed by atoms with Crippen molar-refractivity contribution in [3.05, 3.63) is 35.9 Å². The second-order valence-electron chi connectivity index (χ2n) is 6.84. The van der Waals surface area contributed by atoms with Crippen LogP contribution in [0.15, 0.2) is 30.3 Å². The number of nitrogens with one attached hydrogen (secondary N) is 1. The molecule has 3 nitrogen and oxygen atoms in total. The van der Waals surface area contributed by atoms with Crippen LogP contribution >= 0.6 is 12.4 Å². The predicted octanol–water partition coefficient (Wildman–Crippen LogP) is 3.16. The van der Waals surface area contributed by atoms with E-state index >= 15 is 0 Å². The zero-order valence-electron chi connectivity index (χ0n) is 13.1. The largest absolute Gasteiger partial charge is 0.355 e. The highest BCUT2D eigenvalue weighted by Gasteiger charge is 2.38. The van der Waals surface area contributed by atoms with Gasteiger partial charge in [-0.3, -0.25) is 4.79 Å². The molecule has 0 unspecified atom stereocenters. The highest BCUT2D eigenvalue weighted by molar-refractivity contribution is 5.85. The van der Waals surface area contributed by atoms with Crippen molar-refractivity contribution >= 4 is 18.3 Å². The van der Waals surface area contributed by atoms with Crippen LogP contribution in [0, 0.1) is 5.92 Å². The lowest BCUT2D eigenvalue weighted by atomic mass is 9.64. The molecule has 2 saturated carbocycles. The molecule has 1 aromatic rings. The molecule has 0 aliphatic heterocycles. The summed E-state index contributed by atoms with van der Waals surface area (Å²) in [6, 6.07) is 10.8. The predicted molar refractivity (Wildman–Crippen MR) is 92.2 cm³/mol. The van der Waals surface area contributed by atoms with Gasteiger partial charge in [0.2, 0.25) is 5.91 Å². The number of hydrogen-bond donors (Lipinski definition) is 2. The number of nitrogens with two attached hydrogens (primary N) is 1. The number of carbonyl (C=O) groups is 1. The van der Waals surface area contributed by atoms with E-state index in [-0.39, 0.29) is 29.8 Å². The zero-order chi connectivity index (χ0) is 14.7. The maximum absolute atomic E-state index is 12.2. The first-order chi connectivity index (χ1) is 10.2. The fourth-order valence-electron chi connectivity index (χ4n) is 3.86. The molecule has 3 N–H and O–H groups in total. The van der Waals surface area contributed by atoms with Gasteiger partial charge in [0, 0.05) is 24.4 Å². The van der Waals surface area contributed by atoms with Crippen LogP contribution in [0.5, 0.6) is 0 Å². The van der Waals surface area contributed by atoms with Gasteiger partial charge in [0.25, 0.3) is 0 Å². The molecular weight excluding hydrogens is 296 g/mol. The van der Waals surface area contributed by atoms with E-state index < -0.39 is 0 Å². The van der Waals surface area contributed by atoms with Crippen LogP contribution in [-0.2, 0) is 10.2 Å². The van der Waals surface area contributed by atoms with E-state index in [0.29, 0.717) is 12.3 Å². The maximum atomic E-state index is 12.2. The van der Waals surface area contributed by atoms with Crippen molar-refractivity contribution in [3.63, 3.8) is 0 Å². The third-order valence-corrected chi connectivity index (χ3v) is 5.49. The number of carbonyl (C=O) groups excluding carboxylic acids is 1. The molecule has 2 atom stereocenters. The lowest BCUT2D eigenvalue weighted by molar-refractivity contribution is -0.122. The molecule has 3 rings (SSSR count). The SMILES string of the molecule is Cl.N[C@@H]1CCC[C@H]1CC(=O)NCC1(c2ccccc2)CCC1. The van der Waals surface area contributed by atoms with Gasteiger partial charge in [-0.2, -0.15) is 0 Å². The average Bonchev–Trinajstić information content (AvgIpc) is 2.84. The zero-order valence-corrected chi connectivity index (χ0v) is 13.9. The van der Waals surface area contributed by atoms with Crippen LogP contribution in [-0.4, -0.2) is 18.5 Å². The highest BCUT2D eigenvalue weighted by atomic mass is 35.5. The van der Waals surface area contributed by atoms with Crippen molar-refractivity contribution in [3.8, 4) is 0 Å². The van der Waals surface area contributed by atoms with Gasteiger partial charge in [-0.15, -0.1) is 12.4 Å². The summed E-state index contributed by atoms with van der Waals surface area (Å²) in [5.74, 6) is 0.568. The van der Waals surface area contributed by atoms with Gasteiger partial charge in [-0.05, 0) is 37.2 Å². The lowest BCUT2D eigenvalue weighted by Crippen LogP contribution is -2.46. The summed E-state index contributed by atoms with van der Waals surface area (Å²) in [5.41, 5.74) is 7.60. The Morgan fingerprint density at radius 2 is 1.91 bits per heavy atom. The first-order valence-electron chi connectivity index (χ1n) is 8.27. The standard InChI is InChI=1S/C18H26N2O.ClH/c19-16-9-4-6-14(16)12-17(21)20-13-18(10-5-11-18)15-7-2-1-3-8-15;/h1-3,7-8,14,16H,4-6,9-13,19H2,(H,20,21);1H/t14-,16+;/m0./s1. The van der Waals surface area contributed by atoms with Gasteiger partial charge >= 0.3 is 0 Å². The summed E-state index contributed by atoms with van der Waals surface area (Å²) in [6.45, 7) is 0.776. The molecule has 4 heteroatoms. The summed E-state index contributed by atoms with van der Waals surface area (Å²) >= 11 is 0. The van der Waals surface area contributed by atoms with E-state index in [1.807, 2.05) is 0 Å². The summed E-state index contributed by atoms with van der Waals surface area (Å²) < 4.78 is 0. The molecule has 0 aromatic heterocycles. The minimum atomic E-state index is 0. The minimum Gasteiger partial charge on any atom is -0.355 e. The van der Waals surface area contributed by atoms with Crippen molar-refractivity contribution < 1.29 is 4.79 Å². The van der Waals surface area contributed by atoms with E-state index in [0.717, 1.165) is 19.4 Å². The number of amides is 1. The van der Waals surface area contributed by atoms with Gasteiger partial charge in [0.05, 0.1) is 0 Å². The quantitative estimate of drug-likeness (QED) is 0.875. The molecule has 2 fully saturated rings. The topological polar surface area (TPSA) is 55.1 Å². The monoisotopic (exact) mass is 322 g/mol. The molecule has 0 heterocycles. The second kappa shape index (κ2) is 7.47. The van der Waals surface area contributed by atoms with Crippen molar-refractivity contribution in [2.75, 3.05) is 6.54 Å². The molecule has 0 spiro atoms. The minimum absolute atomic E-state index is 0. The molecule has 1 aromatic carbocycles. The van der Waals surface area contributed by atoms with E-state index in [1.165, 1.54) is 31.2 Å². The van der Waals surface area contributed by atoms with Crippen LogP contribution in [0.25, 0.3) is 0 Å². The van der Waals surface area contributed by atoms with E-state index in [4.69, 9.17) is 5.73 Å². The highest BCUT2D eigenvalue weighted by Crippen LogP contribution is 2.43. The molecular formula is C18H27ClN2O. The molecule has 2 aliphatic rings. The van der Waals surface area contributed by atoms with Crippen LogP contribution in [0.1, 0.15) is 50.5 Å². The van der Waals surface area contributed by atoms with E-state index in [2.05, 4.69) is 35.6 Å². The van der Waals surface area contributed by atoms with Crippen molar-refractivity contribution in [1.82, 2.24) is 5.32 Å². The van der Waals surface area contributed by atoms with Gasteiger partial charge < -0.3 is 11.1 Å². The molecule has 2 aliphatic carbocycles. The van der Waals surface area contributed by atoms with Crippen LogP contribution in [0.2, 0.25) is 0 Å². The Morgan fingerprint density at radius 3 is 2.45 bits per heavy atom. The average molecular weight is 323 g/mol. The summed E-state index contributed by atoms with van der Waals surface area (Å²) in [4.78, 5) is 12.2. The van der Waals surface area contributed by atoms with Gasteiger partial charge in [0.1, 0.15) is 0 Å². The van der Waals surface area contributed by atoms with Crippen molar-refractivity contribution in [2.45, 2.75) is 56.4 Å². The Bertz CT molecular complexity index is 487. The van der Waals surface area contributed by atoms with Gasteiger partial charge in [-0.1, -0.05) is 43.2 Å². The third-order valence-electron chi connectivity index (χ3n) is 5.49. The van der Waals surface area contributed by atoms with Crippen LogP contribution < -0.4 is 11.1 Å². The Morgan fingerprint density at radius 1 is 1.18 bits per heavy atom. The van der Waals surface area contributed by atoms with E-state index in [9.17, 15) is 4.79 Å². The van der Waals surface area contributed by atoms with Crippen LogP contribution in [0.4, 0.5) is 0 Å². The normalized spacial score (nSPS) is 25.9. The molecule has 22 heavy (non-hydrogen) atoms. The van der Waals surface area contributed by atoms with Crippen molar-refractivity contribution in [1.29, 1.82) is 0 Å². The van der Waals surface area contributed by atoms with Crippen LogP contribution in [0.3, 0.4) is 0 Å². The number of hydrogen-bond acceptors (Lipinski definition) is 2. The summed E-state index contributed by atoms with van der Waals surface area (Å²) in [7, 11) is 0. The van der Waals surface area contributed by atoms with E-state index in [1.54, 1.807) is 0 Å². The molecule has 1 amide bonds. The summed E-state index contributed by atoms with van der Waals surface area (Å²) in [5, 5.41) is 3.18. The maximum Gasteiger partial charge on any atom is 0.220 e. The Balaban J connectivity index is 0.00000176. The Kier molecular flexibility index (Phi) is 5.87. The number of benzene rings is 1. The third kappa shape index (κ3) is 3.64. The Labute approximate surface area is 139 Å². The van der Waals surface area contributed by atoms with Crippen molar-refractivity contribution in [2.24, 2.45) is 11.7 Å². The molecule has 0 bridgehead atoms. The number of halogens is 1. The molecule has 0 saturated heterocycles. The summed E-state index contributed by atoms with van der Waals surface area (Å²) in [6.07, 6.45) is 7.59. The fraction of sp³-hybridized carbons (Fsp3) is 0.611. The smallest absolute Gasteiger partial charge is 0.220 e. The lowest BCUT2D eigenvalue weighted by Gasteiger charge is -2.42. The molecule has 122 valence electrons. The van der Waals surface area contributed by atoms with Gasteiger partial charge in [0.15, 0.2) is 0 Å². The number of rotatable bonds is 5. The first kappa shape index (κ1) is 17.3. The second-order valence-corrected chi connectivity index (χ2v) is 6.84.